The molecule has 1 amide bonds. The molecule has 0 spiro atoms. The normalized spacial score (nSPS) is 9.75. The molecule has 2 N–H and O–H groups in total. The summed E-state index contributed by atoms with van der Waals surface area (Å²) in [6.07, 6.45) is 1.06. The number of aryl methyl sites for hydroxylation is 1. The molecule has 4 heteroatoms. The van der Waals surface area contributed by atoms with E-state index in [1.54, 1.807) is 18.4 Å². The summed E-state index contributed by atoms with van der Waals surface area (Å²) in [5.41, 5.74) is 5.03. The van der Waals surface area contributed by atoms with Gasteiger partial charge in [-0.1, -0.05) is 0 Å². The van der Waals surface area contributed by atoms with Crippen LogP contribution in [0.25, 0.3) is 0 Å². The Bertz CT molecular complexity index is 270. The summed E-state index contributed by atoms with van der Waals surface area (Å²) in [4.78, 5) is 11.6. The number of carbonyl (C=O) groups excluding carboxylic acids is 1. The van der Waals surface area contributed by atoms with Crippen LogP contribution in [0, 0.1) is 0 Å². The second-order valence-corrected chi connectivity index (χ2v) is 3.38. The van der Waals surface area contributed by atoms with E-state index in [0.717, 1.165) is 10.6 Å². The number of hydrogen-bond acceptors (Lipinski definition) is 3. The third-order valence-electron chi connectivity index (χ3n) is 1.52. The van der Waals surface area contributed by atoms with Gasteiger partial charge in [-0.25, -0.2) is 0 Å². The minimum absolute atomic E-state index is 0.273. The lowest BCUT2D eigenvalue weighted by Gasteiger charge is -1.99. The first-order valence-corrected chi connectivity index (χ1v) is 4.50. The van der Waals surface area contributed by atoms with Gasteiger partial charge in [-0.05, 0) is 17.9 Å². The summed E-state index contributed by atoms with van der Waals surface area (Å²) in [6.45, 7) is 0. The third-order valence-corrected chi connectivity index (χ3v) is 2.48. The van der Waals surface area contributed by atoms with Crippen molar-refractivity contribution in [3.63, 3.8) is 0 Å². The monoisotopic (exact) mass is 185 g/mol. The quantitative estimate of drug-likeness (QED) is 0.765. The van der Waals surface area contributed by atoms with E-state index in [1.165, 1.54) is 0 Å². The van der Waals surface area contributed by atoms with E-state index in [-0.39, 0.29) is 5.91 Å². The van der Waals surface area contributed by atoms with Crippen LogP contribution >= 0.6 is 11.3 Å². The Hall–Kier alpha value is -1.03. The lowest BCUT2D eigenvalue weighted by atomic mass is 10.2. The molecule has 3 nitrogen and oxygen atoms in total. The van der Waals surface area contributed by atoms with Crippen LogP contribution in [-0.4, -0.2) is 13.0 Å². The van der Waals surface area contributed by atoms with E-state index >= 15 is 0 Å². The van der Waals surface area contributed by atoms with Crippen molar-refractivity contribution in [3.05, 3.63) is 16.3 Å². The summed E-state index contributed by atoms with van der Waals surface area (Å²) < 4.78 is 5.08. The predicted octanol–water partition coefficient (Wildman–Crippen LogP) is 1.17. The molecule has 0 unspecified atom stereocenters. The van der Waals surface area contributed by atoms with Crippen molar-refractivity contribution in [2.75, 3.05) is 7.11 Å². The van der Waals surface area contributed by atoms with Gasteiger partial charge in [-0.3, -0.25) is 4.79 Å². The highest BCUT2D eigenvalue weighted by Crippen LogP contribution is 2.25. The van der Waals surface area contributed by atoms with Crippen LogP contribution in [0.3, 0.4) is 0 Å². The van der Waals surface area contributed by atoms with Crippen molar-refractivity contribution in [3.8, 4) is 5.75 Å². The average Bonchev–Trinajstić information content (AvgIpc) is 2.47. The molecule has 0 saturated heterocycles. The van der Waals surface area contributed by atoms with E-state index in [0.29, 0.717) is 12.8 Å². The molecule has 0 saturated carbocycles. The van der Waals surface area contributed by atoms with Crippen LogP contribution < -0.4 is 10.5 Å². The number of carbonyl (C=O) groups is 1. The fourth-order valence-corrected chi connectivity index (χ4v) is 1.77. The van der Waals surface area contributed by atoms with Gasteiger partial charge < -0.3 is 10.5 Å². The van der Waals surface area contributed by atoms with Crippen molar-refractivity contribution in [2.24, 2.45) is 5.73 Å². The average molecular weight is 185 g/mol. The smallest absolute Gasteiger partial charge is 0.217 e. The van der Waals surface area contributed by atoms with Gasteiger partial charge in [0.1, 0.15) is 5.75 Å². The molecule has 1 heterocycles. The second-order valence-electron chi connectivity index (χ2n) is 2.38. The van der Waals surface area contributed by atoms with Gasteiger partial charge in [-0.2, -0.15) is 0 Å². The zero-order chi connectivity index (χ0) is 8.97. The molecule has 1 aromatic rings. The number of hydrogen-bond donors (Lipinski definition) is 1. The molecule has 1 aromatic heterocycles. The van der Waals surface area contributed by atoms with Crippen molar-refractivity contribution in [1.82, 2.24) is 0 Å². The van der Waals surface area contributed by atoms with Crippen LogP contribution in [-0.2, 0) is 11.2 Å². The number of ether oxygens (including phenoxy) is 1. The first kappa shape index (κ1) is 9.06. The largest absolute Gasteiger partial charge is 0.496 e. The molecule has 0 radical (unpaired) electrons. The Morgan fingerprint density at radius 2 is 2.50 bits per heavy atom. The van der Waals surface area contributed by atoms with E-state index in [4.69, 9.17) is 10.5 Å². The summed E-state index contributed by atoms with van der Waals surface area (Å²) in [5, 5.41) is 1.94. The number of thiophene rings is 1. The molecular weight excluding hydrogens is 174 g/mol. The Labute approximate surface area is 75.1 Å². The first-order valence-electron chi connectivity index (χ1n) is 3.62. The highest BCUT2D eigenvalue weighted by Gasteiger charge is 2.05. The zero-order valence-corrected chi connectivity index (χ0v) is 7.69. The topological polar surface area (TPSA) is 52.3 Å². The van der Waals surface area contributed by atoms with Gasteiger partial charge >= 0.3 is 0 Å². The standard InChI is InChI=1S/C8H11NO2S/c1-11-6-4-5-12-7(6)2-3-8(9)10/h4-5H,2-3H2,1H3,(H2,9,10). The molecule has 0 aliphatic rings. The van der Waals surface area contributed by atoms with Crippen molar-refractivity contribution in [1.29, 1.82) is 0 Å². The summed E-state index contributed by atoms with van der Waals surface area (Å²) in [5.74, 6) is 0.576. The fraction of sp³-hybridized carbons (Fsp3) is 0.375. The van der Waals surface area contributed by atoms with E-state index < -0.39 is 0 Å². The van der Waals surface area contributed by atoms with Gasteiger partial charge in [0, 0.05) is 11.3 Å². The van der Waals surface area contributed by atoms with Crippen LogP contribution in [0.1, 0.15) is 11.3 Å². The maximum absolute atomic E-state index is 10.5. The molecule has 66 valence electrons. The number of methoxy groups -OCH3 is 1. The van der Waals surface area contributed by atoms with E-state index in [2.05, 4.69) is 0 Å². The van der Waals surface area contributed by atoms with Gasteiger partial charge in [0.2, 0.25) is 5.91 Å². The van der Waals surface area contributed by atoms with Crippen LogP contribution in [0.4, 0.5) is 0 Å². The van der Waals surface area contributed by atoms with Gasteiger partial charge in [-0.15, -0.1) is 11.3 Å². The molecule has 0 aromatic carbocycles. The van der Waals surface area contributed by atoms with Crippen LogP contribution in [0.5, 0.6) is 5.75 Å². The number of amides is 1. The molecule has 12 heavy (non-hydrogen) atoms. The Morgan fingerprint density at radius 1 is 1.75 bits per heavy atom. The molecule has 0 bridgehead atoms. The molecular formula is C8H11NO2S. The Kier molecular flexibility index (Phi) is 3.10. The summed E-state index contributed by atoms with van der Waals surface area (Å²) in [7, 11) is 1.62. The molecule has 0 aliphatic heterocycles. The number of rotatable bonds is 4. The van der Waals surface area contributed by atoms with Crippen molar-refractivity contribution in [2.45, 2.75) is 12.8 Å². The van der Waals surface area contributed by atoms with E-state index in [9.17, 15) is 4.79 Å². The maximum Gasteiger partial charge on any atom is 0.217 e. The van der Waals surface area contributed by atoms with Crippen LogP contribution in [0.2, 0.25) is 0 Å². The van der Waals surface area contributed by atoms with Crippen molar-refractivity contribution < 1.29 is 9.53 Å². The van der Waals surface area contributed by atoms with E-state index in [1.807, 2.05) is 11.4 Å². The molecule has 0 atom stereocenters. The Balaban J connectivity index is 2.56. The van der Waals surface area contributed by atoms with Crippen LogP contribution in [0.15, 0.2) is 11.4 Å². The highest BCUT2D eigenvalue weighted by molar-refractivity contribution is 7.10. The predicted molar refractivity (Wildman–Crippen MR) is 48.4 cm³/mol. The number of nitrogens with two attached hydrogens (primary N) is 1. The van der Waals surface area contributed by atoms with Gasteiger partial charge in [0.25, 0.3) is 0 Å². The lowest BCUT2D eigenvalue weighted by molar-refractivity contribution is -0.117. The minimum Gasteiger partial charge on any atom is -0.496 e. The number of primary amides is 1. The second kappa shape index (κ2) is 4.11. The lowest BCUT2D eigenvalue weighted by Crippen LogP contribution is -2.10. The maximum atomic E-state index is 10.5. The SMILES string of the molecule is COc1ccsc1CCC(N)=O. The molecule has 0 fully saturated rings. The molecule has 0 aliphatic carbocycles. The first-order chi connectivity index (χ1) is 5.74. The minimum atomic E-state index is -0.273. The fourth-order valence-electron chi connectivity index (χ4n) is 0.930. The van der Waals surface area contributed by atoms with Gasteiger partial charge in [0.15, 0.2) is 0 Å². The summed E-state index contributed by atoms with van der Waals surface area (Å²) in [6, 6.07) is 1.89. The van der Waals surface area contributed by atoms with Gasteiger partial charge in [0.05, 0.1) is 7.11 Å². The highest BCUT2D eigenvalue weighted by atomic mass is 32.1. The third kappa shape index (κ3) is 2.23. The van der Waals surface area contributed by atoms with Crippen molar-refractivity contribution >= 4 is 17.2 Å². The molecule has 1 rings (SSSR count). The summed E-state index contributed by atoms with van der Waals surface area (Å²) >= 11 is 1.58. The zero-order valence-electron chi connectivity index (χ0n) is 6.87. The Morgan fingerprint density at radius 3 is 3.08 bits per heavy atom.